The van der Waals surface area contributed by atoms with E-state index in [4.69, 9.17) is 14.3 Å². The van der Waals surface area contributed by atoms with E-state index in [0.29, 0.717) is 24.6 Å². The Bertz CT molecular complexity index is 998. The van der Waals surface area contributed by atoms with Crippen molar-refractivity contribution in [1.29, 1.82) is 0 Å². The normalized spacial score (nSPS) is 24.2. The number of carbonyl (C=O) groups is 2. The van der Waals surface area contributed by atoms with E-state index in [1.165, 1.54) is 6.26 Å². The fourth-order valence-electron chi connectivity index (χ4n) is 4.95. The summed E-state index contributed by atoms with van der Waals surface area (Å²) in [5.74, 6) is -0.270. The van der Waals surface area contributed by atoms with Crippen molar-refractivity contribution in [3.8, 4) is 0 Å². The lowest BCUT2D eigenvalue weighted by molar-refractivity contribution is -0.136. The van der Waals surface area contributed by atoms with Crippen LogP contribution in [-0.2, 0) is 22.4 Å². The molecule has 2 N–H and O–H groups in total. The van der Waals surface area contributed by atoms with Gasteiger partial charge < -0.3 is 19.6 Å². The molecule has 0 aliphatic carbocycles. The van der Waals surface area contributed by atoms with Gasteiger partial charge in [0.1, 0.15) is 6.26 Å². The summed E-state index contributed by atoms with van der Waals surface area (Å²) in [5.41, 5.74) is 2.55. The number of amides is 1. The number of ether oxygens (including phenoxy) is 1. The van der Waals surface area contributed by atoms with Crippen molar-refractivity contribution < 1.29 is 23.8 Å². The molecule has 2 aromatic rings. The first-order valence-electron chi connectivity index (χ1n) is 11.9. The third-order valence-electron chi connectivity index (χ3n) is 7.33. The van der Waals surface area contributed by atoms with Gasteiger partial charge in [-0.3, -0.25) is 9.59 Å². The van der Waals surface area contributed by atoms with Gasteiger partial charge in [0.05, 0.1) is 18.1 Å². The molecule has 1 aromatic heterocycles. The lowest BCUT2D eigenvalue weighted by Crippen LogP contribution is -2.34. The van der Waals surface area contributed by atoms with Gasteiger partial charge in [0.25, 0.3) is 5.91 Å². The quantitative estimate of drug-likeness (QED) is 0.553. The van der Waals surface area contributed by atoms with Crippen LogP contribution < -0.4 is 5.32 Å². The third kappa shape index (κ3) is 5.29. The Labute approximate surface area is 194 Å². The first-order chi connectivity index (χ1) is 15.8. The number of aromatic nitrogens is 1. The Morgan fingerprint density at radius 2 is 1.91 bits per heavy atom. The highest BCUT2D eigenvalue weighted by atomic mass is 16.5. The largest absolute Gasteiger partial charge is 0.481 e. The predicted octanol–water partition coefficient (Wildman–Crippen LogP) is 4.36. The zero-order valence-electron chi connectivity index (χ0n) is 19.7. The molecule has 4 atom stereocenters. The minimum absolute atomic E-state index is 0.00934. The van der Waals surface area contributed by atoms with E-state index in [-0.39, 0.29) is 41.8 Å². The molecule has 7 heteroatoms. The Balaban J connectivity index is 1.49. The Morgan fingerprint density at radius 1 is 1.18 bits per heavy atom. The molecule has 0 unspecified atom stereocenters. The van der Waals surface area contributed by atoms with Crippen molar-refractivity contribution >= 4 is 11.9 Å². The number of aryl methyl sites for hydroxylation is 1. The van der Waals surface area contributed by atoms with Crippen molar-refractivity contribution in [2.24, 2.45) is 11.3 Å². The predicted molar refractivity (Wildman–Crippen MR) is 123 cm³/mol. The fraction of sp³-hybridized carbons (Fsp3) is 0.577. The van der Waals surface area contributed by atoms with Gasteiger partial charge in [0.2, 0.25) is 5.89 Å². The van der Waals surface area contributed by atoms with E-state index < -0.39 is 5.97 Å². The Kier molecular flexibility index (Phi) is 6.88. The van der Waals surface area contributed by atoms with Gasteiger partial charge in [0, 0.05) is 18.9 Å². The second-order valence-corrected chi connectivity index (χ2v) is 10.1. The van der Waals surface area contributed by atoms with E-state index in [2.05, 4.69) is 37.1 Å². The van der Waals surface area contributed by atoms with Crippen molar-refractivity contribution in [3.05, 3.63) is 53.2 Å². The van der Waals surface area contributed by atoms with E-state index in [1.54, 1.807) is 0 Å². The van der Waals surface area contributed by atoms with Crippen LogP contribution in [0.3, 0.4) is 0 Å². The van der Waals surface area contributed by atoms with E-state index >= 15 is 0 Å². The maximum atomic E-state index is 12.6. The van der Waals surface area contributed by atoms with Crippen LogP contribution in [0, 0.1) is 11.3 Å². The highest BCUT2D eigenvalue weighted by molar-refractivity contribution is 5.91. The number of carboxylic acids is 1. The molecule has 2 fully saturated rings. The van der Waals surface area contributed by atoms with Gasteiger partial charge in [-0.15, -0.1) is 0 Å². The van der Waals surface area contributed by atoms with Gasteiger partial charge >= 0.3 is 5.97 Å². The second kappa shape index (κ2) is 9.67. The van der Waals surface area contributed by atoms with Crippen LogP contribution >= 0.6 is 0 Å². The number of benzene rings is 1. The molecule has 178 valence electrons. The Morgan fingerprint density at radius 3 is 2.64 bits per heavy atom. The maximum absolute atomic E-state index is 12.6. The summed E-state index contributed by atoms with van der Waals surface area (Å²) in [4.78, 5) is 28.3. The van der Waals surface area contributed by atoms with Gasteiger partial charge in [-0.25, -0.2) is 4.98 Å². The van der Waals surface area contributed by atoms with E-state index in [9.17, 15) is 9.59 Å². The molecular formula is C26H34N2O5. The first-order valence-corrected chi connectivity index (χ1v) is 11.9. The second-order valence-electron chi connectivity index (χ2n) is 10.1. The van der Waals surface area contributed by atoms with Gasteiger partial charge in [-0.2, -0.15) is 0 Å². The third-order valence-corrected chi connectivity index (χ3v) is 7.33. The molecule has 2 bridgehead atoms. The summed E-state index contributed by atoms with van der Waals surface area (Å²) in [6, 6.07) is 8.03. The number of fused-ring (bicyclic) bond motifs is 2. The van der Waals surface area contributed by atoms with Crippen LogP contribution in [0.15, 0.2) is 34.9 Å². The summed E-state index contributed by atoms with van der Waals surface area (Å²) < 4.78 is 12.1. The molecule has 4 rings (SSSR count). The van der Waals surface area contributed by atoms with Crippen LogP contribution in [0.1, 0.15) is 79.9 Å². The molecule has 1 amide bonds. The highest BCUT2D eigenvalue weighted by Gasteiger charge is 2.51. The number of nitrogens with zero attached hydrogens (tertiary/aromatic N) is 1. The molecule has 33 heavy (non-hydrogen) atoms. The SMILES string of the molecule is CCC(C)(C)CNC(=O)c1coc([C@H]2[C@@H](Cc3ccccc3CCC(=O)O)[C@@H]3CC[C@H]2O3)n1. The molecule has 0 saturated carbocycles. The smallest absolute Gasteiger partial charge is 0.303 e. The monoisotopic (exact) mass is 454 g/mol. The molecule has 1 aromatic carbocycles. The number of rotatable bonds is 10. The molecule has 0 spiro atoms. The summed E-state index contributed by atoms with van der Waals surface area (Å²) >= 11 is 0. The summed E-state index contributed by atoms with van der Waals surface area (Å²) in [7, 11) is 0. The fourth-order valence-corrected chi connectivity index (χ4v) is 4.95. The number of hydrogen-bond donors (Lipinski definition) is 2. The van der Waals surface area contributed by atoms with Crippen LogP contribution in [0.25, 0.3) is 0 Å². The highest BCUT2D eigenvalue weighted by Crippen LogP contribution is 2.50. The van der Waals surface area contributed by atoms with Crippen molar-refractivity contribution in [2.45, 2.75) is 77.4 Å². The topological polar surface area (TPSA) is 102 Å². The zero-order chi connectivity index (χ0) is 23.6. The van der Waals surface area contributed by atoms with Crippen molar-refractivity contribution in [2.75, 3.05) is 6.54 Å². The van der Waals surface area contributed by atoms with Crippen LogP contribution in [0.4, 0.5) is 0 Å². The van der Waals surface area contributed by atoms with Crippen molar-refractivity contribution in [3.63, 3.8) is 0 Å². The molecule has 2 saturated heterocycles. The summed E-state index contributed by atoms with van der Waals surface area (Å²) in [5, 5.41) is 12.1. The van der Waals surface area contributed by atoms with Crippen LogP contribution in [0.5, 0.6) is 0 Å². The number of hydrogen-bond acceptors (Lipinski definition) is 5. The van der Waals surface area contributed by atoms with Gasteiger partial charge in [-0.1, -0.05) is 45.0 Å². The average molecular weight is 455 g/mol. The number of aliphatic carboxylic acids is 1. The summed E-state index contributed by atoms with van der Waals surface area (Å²) in [6.07, 6.45) is 5.95. The summed E-state index contributed by atoms with van der Waals surface area (Å²) in [6.45, 7) is 6.92. The molecule has 3 heterocycles. The number of nitrogens with one attached hydrogen (secondary N) is 1. The number of carbonyl (C=O) groups excluding carboxylic acids is 1. The zero-order valence-corrected chi connectivity index (χ0v) is 19.7. The minimum Gasteiger partial charge on any atom is -0.481 e. The average Bonchev–Trinajstić information content (AvgIpc) is 3.53. The maximum Gasteiger partial charge on any atom is 0.303 e. The molecule has 2 aliphatic heterocycles. The minimum atomic E-state index is -0.793. The standard InChI is InChI=1S/C26H34N2O5/c1-4-26(2,3)15-27-24(31)19-14-32-25(28-19)23-18(20-10-11-21(23)33-20)13-17-8-6-5-7-16(17)9-12-22(29)30/h5-8,14,18,20-21,23H,4,9-13,15H2,1-3H3,(H,27,31)(H,29,30)/t18-,20-,21+,23-/m0/s1. The van der Waals surface area contributed by atoms with Crippen LogP contribution in [0.2, 0.25) is 0 Å². The lowest BCUT2D eigenvalue weighted by Gasteiger charge is -2.26. The Hall–Kier alpha value is -2.67. The molecule has 2 aliphatic rings. The number of carboxylic acid groups (broad SMARTS) is 1. The van der Waals surface area contributed by atoms with Crippen molar-refractivity contribution in [1.82, 2.24) is 10.3 Å². The number of oxazole rings is 1. The van der Waals surface area contributed by atoms with E-state index in [0.717, 1.165) is 36.8 Å². The lowest BCUT2D eigenvalue weighted by atomic mass is 9.75. The van der Waals surface area contributed by atoms with Crippen LogP contribution in [-0.4, -0.2) is 40.7 Å². The molecule has 0 radical (unpaired) electrons. The van der Waals surface area contributed by atoms with Gasteiger partial charge in [0.15, 0.2) is 5.69 Å². The molecular weight excluding hydrogens is 420 g/mol. The first kappa shape index (κ1) is 23.5. The molecule has 7 nitrogen and oxygen atoms in total. The van der Waals surface area contributed by atoms with Gasteiger partial charge in [-0.05, 0) is 48.6 Å². The van der Waals surface area contributed by atoms with E-state index in [1.807, 2.05) is 18.2 Å².